The standard InChI is InChI=1S/C14H13F4N3/c1-2-3-13-20-11(7-12(19)21-13)8-4-5-10(15)9(6-8)14(16,17)18/h4-7H,2-3H2,1H3,(H2,19,20,21). The molecule has 0 spiro atoms. The molecule has 0 fully saturated rings. The number of anilines is 1. The Bertz CT molecular complexity index is 653. The molecule has 2 rings (SSSR count). The molecule has 0 atom stereocenters. The summed E-state index contributed by atoms with van der Waals surface area (Å²) in [5.74, 6) is -0.700. The molecule has 0 saturated heterocycles. The molecule has 0 aliphatic heterocycles. The maximum Gasteiger partial charge on any atom is 0.419 e. The lowest BCUT2D eigenvalue weighted by atomic mass is 10.1. The predicted octanol–water partition coefficient (Wildman–Crippen LogP) is 3.84. The maximum absolute atomic E-state index is 13.3. The molecule has 0 aliphatic carbocycles. The molecule has 1 aromatic heterocycles. The van der Waals surface area contributed by atoms with Gasteiger partial charge in [-0.05, 0) is 24.6 Å². The minimum Gasteiger partial charge on any atom is -0.384 e. The highest BCUT2D eigenvalue weighted by atomic mass is 19.4. The van der Waals surface area contributed by atoms with Crippen molar-refractivity contribution in [2.75, 3.05) is 5.73 Å². The summed E-state index contributed by atoms with van der Waals surface area (Å²) in [4.78, 5) is 8.17. The molecule has 7 heteroatoms. The average Bonchev–Trinajstić information content (AvgIpc) is 2.37. The molecule has 1 heterocycles. The van der Waals surface area contributed by atoms with E-state index in [-0.39, 0.29) is 17.1 Å². The maximum atomic E-state index is 13.3. The van der Waals surface area contributed by atoms with E-state index in [0.717, 1.165) is 18.6 Å². The minimum absolute atomic E-state index is 0.148. The summed E-state index contributed by atoms with van der Waals surface area (Å²) in [5, 5.41) is 0. The number of nitrogens with two attached hydrogens (primary N) is 1. The van der Waals surface area contributed by atoms with Gasteiger partial charge in [0.05, 0.1) is 11.3 Å². The Morgan fingerprint density at radius 3 is 2.48 bits per heavy atom. The van der Waals surface area contributed by atoms with E-state index in [0.29, 0.717) is 12.2 Å². The molecule has 112 valence electrons. The molecule has 0 bridgehead atoms. The van der Waals surface area contributed by atoms with Gasteiger partial charge in [-0.3, -0.25) is 0 Å². The lowest BCUT2D eigenvalue weighted by Crippen LogP contribution is -2.08. The molecule has 2 N–H and O–H groups in total. The van der Waals surface area contributed by atoms with Gasteiger partial charge < -0.3 is 5.73 Å². The van der Waals surface area contributed by atoms with E-state index < -0.39 is 17.6 Å². The lowest BCUT2D eigenvalue weighted by molar-refractivity contribution is -0.139. The number of halogens is 4. The van der Waals surface area contributed by atoms with E-state index in [1.807, 2.05) is 6.92 Å². The first-order valence-corrected chi connectivity index (χ1v) is 6.32. The molecule has 0 unspecified atom stereocenters. The second-order valence-electron chi connectivity index (χ2n) is 4.54. The fraction of sp³-hybridized carbons (Fsp3) is 0.286. The molecule has 0 amide bonds. The van der Waals surface area contributed by atoms with Crippen molar-refractivity contribution in [3.8, 4) is 11.3 Å². The van der Waals surface area contributed by atoms with Crippen LogP contribution in [0.1, 0.15) is 24.7 Å². The topological polar surface area (TPSA) is 51.8 Å². The zero-order valence-electron chi connectivity index (χ0n) is 11.2. The Morgan fingerprint density at radius 1 is 1.14 bits per heavy atom. The summed E-state index contributed by atoms with van der Waals surface area (Å²) < 4.78 is 51.5. The normalized spacial score (nSPS) is 11.7. The van der Waals surface area contributed by atoms with E-state index in [1.54, 1.807) is 0 Å². The summed E-state index contributed by atoms with van der Waals surface area (Å²) in [5.41, 5.74) is 4.70. The molecular formula is C14H13F4N3. The van der Waals surface area contributed by atoms with Gasteiger partial charge >= 0.3 is 6.18 Å². The number of alkyl halides is 3. The van der Waals surface area contributed by atoms with Gasteiger partial charge in [0.2, 0.25) is 0 Å². The van der Waals surface area contributed by atoms with Crippen molar-refractivity contribution in [2.24, 2.45) is 0 Å². The lowest BCUT2D eigenvalue weighted by Gasteiger charge is -2.10. The van der Waals surface area contributed by atoms with Crippen LogP contribution < -0.4 is 5.73 Å². The van der Waals surface area contributed by atoms with Gasteiger partial charge in [-0.25, -0.2) is 14.4 Å². The molecule has 3 nitrogen and oxygen atoms in total. The van der Waals surface area contributed by atoms with Crippen LogP contribution in [-0.2, 0) is 12.6 Å². The summed E-state index contributed by atoms with van der Waals surface area (Å²) in [6, 6.07) is 4.11. The van der Waals surface area contributed by atoms with Gasteiger partial charge in [-0.1, -0.05) is 6.92 Å². The quantitative estimate of drug-likeness (QED) is 0.876. The van der Waals surface area contributed by atoms with Crippen molar-refractivity contribution in [3.63, 3.8) is 0 Å². The van der Waals surface area contributed by atoms with Crippen LogP contribution in [0.5, 0.6) is 0 Å². The van der Waals surface area contributed by atoms with Crippen molar-refractivity contribution in [3.05, 3.63) is 41.5 Å². The van der Waals surface area contributed by atoms with Crippen LogP contribution in [0, 0.1) is 5.82 Å². The van der Waals surface area contributed by atoms with Crippen molar-refractivity contribution >= 4 is 5.82 Å². The van der Waals surface area contributed by atoms with E-state index in [1.165, 1.54) is 12.1 Å². The molecule has 1 aromatic carbocycles. The van der Waals surface area contributed by atoms with Crippen LogP contribution in [-0.4, -0.2) is 9.97 Å². The average molecular weight is 299 g/mol. The van der Waals surface area contributed by atoms with Crippen LogP contribution in [0.3, 0.4) is 0 Å². The summed E-state index contributed by atoms with van der Waals surface area (Å²) in [6.45, 7) is 1.92. The van der Waals surface area contributed by atoms with Crippen molar-refractivity contribution in [2.45, 2.75) is 25.9 Å². The number of nitrogen functional groups attached to an aromatic ring is 1. The largest absolute Gasteiger partial charge is 0.419 e. The van der Waals surface area contributed by atoms with Crippen molar-refractivity contribution < 1.29 is 17.6 Å². The van der Waals surface area contributed by atoms with Gasteiger partial charge in [0, 0.05) is 18.1 Å². The Morgan fingerprint density at radius 2 is 1.86 bits per heavy atom. The number of rotatable bonds is 3. The second kappa shape index (κ2) is 5.67. The summed E-state index contributed by atoms with van der Waals surface area (Å²) >= 11 is 0. The van der Waals surface area contributed by atoms with Crippen LogP contribution in [0.25, 0.3) is 11.3 Å². The smallest absolute Gasteiger partial charge is 0.384 e. The number of nitrogens with zero attached hydrogens (tertiary/aromatic N) is 2. The first kappa shape index (κ1) is 15.2. The summed E-state index contributed by atoms with van der Waals surface area (Å²) in [6.07, 6.45) is -3.42. The molecule has 0 radical (unpaired) electrons. The first-order chi connectivity index (χ1) is 9.81. The Labute approximate surface area is 118 Å². The third kappa shape index (κ3) is 3.48. The minimum atomic E-state index is -4.76. The molecule has 21 heavy (non-hydrogen) atoms. The third-order valence-electron chi connectivity index (χ3n) is 2.83. The first-order valence-electron chi connectivity index (χ1n) is 6.32. The van der Waals surface area contributed by atoms with Gasteiger partial charge in [0.15, 0.2) is 0 Å². The predicted molar refractivity (Wildman–Crippen MR) is 70.8 cm³/mol. The number of aryl methyl sites for hydroxylation is 1. The van der Waals surface area contributed by atoms with E-state index in [4.69, 9.17) is 5.73 Å². The second-order valence-corrected chi connectivity index (χ2v) is 4.54. The van der Waals surface area contributed by atoms with E-state index in [9.17, 15) is 17.6 Å². The highest BCUT2D eigenvalue weighted by Crippen LogP contribution is 2.34. The van der Waals surface area contributed by atoms with Crippen molar-refractivity contribution in [1.29, 1.82) is 0 Å². The Hall–Kier alpha value is -2.18. The number of aromatic nitrogens is 2. The molecule has 0 aliphatic rings. The zero-order valence-corrected chi connectivity index (χ0v) is 11.2. The van der Waals surface area contributed by atoms with E-state index >= 15 is 0 Å². The van der Waals surface area contributed by atoms with Crippen LogP contribution in [0.15, 0.2) is 24.3 Å². The highest BCUT2D eigenvalue weighted by molar-refractivity contribution is 5.63. The Kier molecular flexibility index (Phi) is 4.11. The fourth-order valence-electron chi connectivity index (χ4n) is 1.90. The highest BCUT2D eigenvalue weighted by Gasteiger charge is 2.34. The van der Waals surface area contributed by atoms with Gasteiger partial charge in [0.1, 0.15) is 17.5 Å². The van der Waals surface area contributed by atoms with Crippen LogP contribution in [0.4, 0.5) is 23.4 Å². The molecule has 2 aromatic rings. The SMILES string of the molecule is CCCc1nc(N)cc(-c2ccc(F)c(C(F)(F)F)c2)n1. The van der Waals surface area contributed by atoms with Crippen LogP contribution >= 0.6 is 0 Å². The third-order valence-corrected chi connectivity index (χ3v) is 2.83. The molecular weight excluding hydrogens is 286 g/mol. The fourth-order valence-corrected chi connectivity index (χ4v) is 1.90. The number of hydrogen-bond acceptors (Lipinski definition) is 3. The van der Waals surface area contributed by atoms with Gasteiger partial charge in [0.25, 0.3) is 0 Å². The van der Waals surface area contributed by atoms with E-state index in [2.05, 4.69) is 9.97 Å². The molecule has 0 saturated carbocycles. The number of hydrogen-bond donors (Lipinski definition) is 1. The van der Waals surface area contributed by atoms with Crippen molar-refractivity contribution in [1.82, 2.24) is 9.97 Å². The van der Waals surface area contributed by atoms with Crippen LogP contribution in [0.2, 0.25) is 0 Å². The zero-order chi connectivity index (χ0) is 15.6. The van der Waals surface area contributed by atoms with Gasteiger partial charge in [-0.15, -0.1) is 0 Å². The van der Waals surface area contributed by atoms with Gasteiger partial charge in [-0.2, -0.15) is 13.2 Å². The summed E-state index contributed by atoms with van der Waals surface area (Å²) in [7, 11) is 0. The Balaban J connectivity index is 2.52. The number of benzene rings is 1. The monoisotopic (exact) mass is 299 g/mol.